The van der Waals surface area contributed by atoms with Crippen LogP contribution in [0.25, 0.3) is 11.1 Å². The SMILES string of the molecule is CC[C@@H](NC(=O)OCC1c2ccccc2-c2ccccc21)C(=O)N[C@H](CC(C)C)C(=O)O. The second kappa shape index (κ2) is 10.3. The Morgan fingerprint density at radius 1 is 0.938 bits per heavy atom. The molecule has 0 unspecified atom stereocenters. The molecule has 0 bridgehead atoms. The standard InChI is InChI=1S/C25H30N2O5/c1-4-21(23(28)26-22(24(29)30)13-15(2)3)27-25(31)32-14-20-18-11-7-5-9-16(18)17-10-6-8-12-19(17)20/h5-12,15,20-22H,4,13-14H2,1-3H3,(H,26,28)(H,27,31)(H,29,30)/t21-,22-/m1/s1. The van der Waals surface area contributed by atoms with Crippen molar-refractivity contribution in [3.05, 3.63) is 59.7 Å². The summed E-state index contributed by atoms with van der Waals surface area (Å²) in [6, 6.07) is 14.2. The van der Waals surface area contributed by atoms with Crippen LogP contribution in [0.2, 0.25) is 0 Å². The number of amides is 2. The number of carbonyl (C=O) groups is 3. The molecule has 1 aliphatic carbocycles. The summed E-state index contributed by atoms with van der Waals surface area (Å²) in [6.45, 7) is 5.65. The Morgan fingerprint density at radius 2 is 1.50 bits per heavy atom. The fourth-order valence-electron chi connectivity index (χ4n) is 4.10. The van der Waals surface area contributed by atoms with Crippen molar-refractivity contribution in [2.24, 2.45) is 5.92 Å². The number of ether oxygens (including phenoxy) is 1. The van der Waals surface area contributed by atoms with Gasteiger partial charge in [0, 0.05) is 5.92 Å². The summed E-state index contributed by atoms with van der Waals surface area (Å²) >= 11 is 0. The van der Waals surface area contributed by atoms with Gasteiger partial charge in [0.15, 0.2) is 0 Å². The highest BCUT2D eigenvalue weighted by Gasteiger charge is 2.30. The van der Waals surface area contributed by atoms with Crippen LogP contribution in [0.5, 0.6) is 0 Å². The van der Waals surface area contributed by atoms with Gasteiger partial charge in [-0.1, -0.05) is 69.3 Å². The number of hydrogen-bond donors (Lipinski definition) is 3. The van der Waals surface area contributed by atoms with E-state index in [4.69, 9.17) is 4.74 Å². The van der Waals surface area contributed by atoms with Gasteiger partial charge in [0.25, 0.3) is 0 Å². The van der Waals surface area contributed by atoms with Crippen LogP contribution in [-0.4, -0.2) is 41.8 Å². The topological polar surface area (TPSA) is 105 Å². The van der Waals surface area contributed by atoms with E-state index in [2.05, 4.69) is 22.8 Å². The zero-order valence-corrected chi connectivity index (χ0v) is 18.6. The summed E-state index contributed by atoms with van der Waals surface area (Å²) in [5.74, 6) is -1.60. The normalized spacial score (nSPS) is 14.2. The lowest BCUT2D eigenvalue weighted by Gasteiger charge is -2.22. The number of hydrogen-bond acceptors (Lipinski definition) is 4. The summed E-state index contributed by atoms with van der Waals surface area (Å²) in [5.41, 5.74) is 4.47. The largest absolute Gasteiger partial charge is 0.480 e. The molecule has 0 heterocycles. The Hall–Kier alpha value is -3.35. The molecule has 0 saturated carbocycles. The molecule has 0 saturated heterocycles. The molecule has 3 N–H and O–H groups in total. The van der Waals surface area contributed by atoms with Gasteiger partial charge >= 0.3 is 12.1 Å². The molecule has 0 aromatic heterocycles. The number of nitrogens with one attached hydrogen (secondary N) is 2. The first-order valence-electron chi connectivity index (χ1n) is 11.0. The van der Waals surface area contributed by atoms with Crippen molar-refractivity contribution < 1.29 is 24.2 Å². The van der Waals surface area contributed by atoms with E-state index in [9.17, 15) is 19.5 Å². The lowest BCUT2D eigenvalue weighted by Crippen LogP contribution is -2.51. The monoisotopic (exact) mass is 438 g/mol. The summed E-state index contributed by atoms with van der Waals surface area (Å²) in [5, 5.41) is 14.4. The highest BCUT2D eigenvalue weighted by Crippen LogP contribution is 2.44. The number of rotatable bonds is 9. The number of carbonyl (C=O) groups excluding carboxylic acids is 2. The van der Waals surface area contributed by atoms with Crippen molar-refractivity contribution in [2.75, 3.05) is 6.61 Å². The van der Waals surface area contributed by atoms with Crippen LogP contribution in [0.15, 0.2) is 48.5 Å². The Kier molecular flexibility index (Phi) is 7.51. The highest BCUT2D eigenvalue weighted by atomic mass is 16.5. The molecule has 1 aliphatic rings. The fourth-order valence-corrected chi connectivity index (χ4v) is 4.10. The third-order valence-corrected chi connectivity index (χ3v) is 5.68. The molecule has 2 amide bonds. The zero-order chi connectivity index (χ0) is 23.3. The van der Waals surface area contributed by atoms with Crippen LogP contribution < -0.4 is 10.6 Å². The minimum Gasteiger partial charge on any atom is -0.480 e. The second-order valence-electron chi connectivity index (χ2n) is 8.46. The summed E-state index contributed by atoms with van der Waals surface area (Å²) in [4.78, 5) is 36.4. The first-order chi connectivity index (χ1) is 15.3. The van der Waals surface area contributed by atoms with E-state index in [1.165, 1.54) is 0 Å². The average Bonchev–Trinajstić information content (AvgIpc) is 3.09. The van der Waals surface area contributed by atoms with Crippen LogP contribution in [-0.2, 0) is 14.3 Å². The molecule has 0 spiro atoms. The zero-order valence-electron chi connectivity index (χ0n) is 18.6. The fraction of sp³-hybridized carbons (Fsp3) is 0.400. The van der Waals surface area contributed by atoms with Crippen LogP contribution >= 0.6 is 0 Å². The average molecular weight is 439 g/mol. The van der Waals surface area contributed by atoms with Gasteiger partial charge in [-0.25, -0.2) is 9.59 Å². The van der Waals surface area contributed by atoms with Gasteiger partial charge in [0.05, 0.1) is 0 Å². The molecular weight excluding hydrogens is 408 g/mol. The van der Waals surface area contributed by atoms with Crippen LogP contribution in [0.1, 0.15) is 50.7 Å². The van der Waals surface area contributed by atoms with E-state index in [-0.39, 0.29) is 18.4 Å². The van der Waals surface area contributed by atoms with Gasteiger partial charge in [-0.2, -0.15) is 0 Å². The third kappa shape index (κ3) is 5.28. The first kappa shape index (κ1) is 23.3. The molecule has 0 fully saturated rings. The molecule has 170 valence electrons. The lowest BCUT2D eigenvalue weighted by atomic mass is 9.98. The minimum absolute atomic E-state index is 0.0792. The van der Waals surface area contributed by atoms with E-state index in [1.807, 2.05) is 50.2 Å². The van der Waals surface area contributed by atoms with Gasteiger partial charge < -0.3 is 20.5 Å². The Labute approximate surface area is 188 Å². The minimum atomic E-state index is -1.09. The third-order valence-electron chi connectivity index (χ3n) is 5.68. The van der Waals surface area contributed by atoms with Crippen molar-refractivity contribution in [3.8, 4) is 11.1 Å². The van der Waals surface area contributed by atoms with Crippen LogP contribution in [0.4, 0.5) is 4.79 Å². The molecule has 7 heteroatoms. The summed E-state index contributed by atoms with van der Waals surface area (Å²) in [6.07, 6.45) is -0.0865. The van der Waals surface area contributed by atoms with Crippen molar-refractivity contribution in [3.63, 3.8) is 0 Å². The van der Waals surface area contributed by atoms with E-state index >= 15 is 0 Å². The molecule has 3 rings (SSSR count). The lowest BCUT2D eigenvalue weighted by molar-refractivity contribution is -0.142. The van der Waals surface area contributed by atoms with E-state index in [0.29, 0.717) is 12.8 Å². The molecule has 0 radical (unpaired) electrons. The molecule has 7 nitrogen and oxygen atoms in total. The molecule has 0 aliphatic heterocycles. The van der Waals surface area contributed by atoms with Gasteiger partial charge in [-0.05, 0) is 41.0 Å². The number of aliphatic carboxylic acids is 1. The van der Waals surface area contributed by atoms with E-state index in [0.717, 1.165) is 22.3 Å². The molecule has 2 aromatic rings. The maximum Gasteiger partial charge on any atom is 0.407 e. The van der Waals surface area contributed by atoms with Gasteiger partial charge in [0.1, 0.15) is 18.7 Å². The number of benzene rings is 2. The smallest absolute Gasteiger partial charge is 0.407 e. The molecule has 32 heavy (non-hydrogen) atoms. The van der Waals surface area contributed by atoms with Crippen LogP contribution in [0, 0.1) is 5.92 Å². The first-order valence-corrected chi connectivity index (χ1v) is 11.0. The maximum atomic E-state index is 12.5. The Balaban J connectivity index is 1.61. The Morgan fingerprint density at radius 3 is 2.00 bits per heavy atom. The number of carboxylic acids is 1. The number of carboxylic acid groups (broad SMARTS) is 1. The number of alkyl carbamates (subject to hydrolysis) is 1. The molecule has 2 aromatic carbocycles. The highest BCUT2D eigenvalue weighted by molar-refractivity contribution is 5.89. The van der Waals surface area contributed by atoms with E-state index in [1.54, 1.807) is 6.92 Å². The predicted octanol–water partition coefficient (Wildman–Crippen LogP) is 3.92. The number of fused-ring (bicyclic) bond motifs is 3. The molecule has 2 atom stereocenters. The van der Waals surface area contributed by atoms with Crippen molar-refractivity contribution in [2.45, 2.75) is 51.6 Å². The van der Waals surface area contributed by atoms with Gasteiger partial charge in [-0.3, -0.25) is 4.79 Å². The maximum absolute atomic E-state index is 12.5. The van der Waals surface area contributed by atoms with Crippen molar-refractivity contribution in [1.29, 1.82) is 0 Å². The van der Waals surface area contributed by atoms with Gasteiger partial charge in [-0.15, -0.1) is 0 Å². The Bertz CT molecular complexity index is 942. The van der Waals surface area contributed by atoms with E-state index < -0.39 is 30.1 Å². The van der Waals surface area contributed by atoms with Crippen molar-refractivity contribution >= 4 is 18.0 Å². The second-order valence-corrected chi connectivity index (χ2v) is 8.46. The summed E-state index contributed by atoms with van der Waals surface area (Å²) in [7, 11) is 0. The summed E-state index contributed by atoms with van der Waals surface area (Å²) < 4.78 is 5.49. The molecular formula is C25H30N2O5. The predicted molar refractivity (Wildman–Crippen MR) is 121 cm³/mol. The van der Waals surface area contributed by atoms with Crippen LogP contribution in [0.3, 0.4) is 0 Å². The van der Waals surface area contributed by atoms with Gasteiger partial charge in [0.2, 0.25) is 5.91 Å². The van der Waals surface area contributed by atoms with Crippen molar-refractivity contribution in [1.82, 2.24) is 10.6 Å². The quantitative estimate of drug-likeness (QED) is 0.550.